The van der Waals surface area contributed by atoms with Crippen molar-refractivity contribution < 1.29 is 0 Å². The summed E-state index contributed by atoms with van der Waals surface area (Å²) in [4.78, 5) is 11.7. The van der Waals surface area contributed by atoms with E-state index in [4.69, 9.17) is 4.99 Å². The maximum absolute atomic E-state index is 5.08. The molecule has 1 atom stereocenters. The first kappa shape index (κ1) is 18.3. The van der Waals surface area contributed by atoms with Crippen LogP contribution in [0.25, 0.3) is 0 Å². The van der Waals surface area contributed by atoms with E-state index in [1.54, 1.807) is 0 Å². The molecular formula is C21H34N4S. The van der Waals surface area contributed by atoms with Gasteiger partial charge in [-0.2, -0.15) is 0 Å². The number of piperidine rings is 1. The lowest BCUT2D eigenvalue weighted by Gasteiger charge is -2.38. The van der Waals surface area contributed by atoms with Gasteiger partial charge in [-0.25, -0.2) is 0 Å². The molecule has 1 aliphatic carbocycles. The van der Waals surface area contributed by atoms with Crippen LogP contribution in [-0.2, 0) is 6.54 Å². The molecule has 1 N–H and O–H groups in total. The summed E-state index contributed by atoms with van der Waals surface area (Å²) >= 11 is 1.88. The molecule has 4 rings (SSSR count). The van der Waals surface area contributed by atoms with E-state index in [1.807, 2.05) is 11.3 Å². The van der Waals surface area contributed by atoms with E-state index in [-0.39, 0.29) is 0 Å². The summed E-state index contributed by atoms with van der Waals surface area (Å²) in [6.07, 6.45) is 8.31. The smallest absolute Gasteiger partial charge is 0.193 e. The van der Waals surface area contributed by atoms with E-state index in [0.717, 1.165) is 19.6 Å². The van der Waals surface area contributed by atoms with Gasteiger partial charge >= 0.3 is 0 Å². The van der Waals surface area contributed by atoms with Gasteiger partial charge in [0, 0.05) is 44.1 Å². The summed E-state index contributed by atoms with van der Waals surface area (Å²) in [5.41, 5.74) is 0.637. The standard InChI is InChI=1S/C21H34N4S/c1-2-22-20(25-12-10-21(17-25)8-5-9-21)23-14-18-6-3-11-24(15-18)16-19-7-4-13-26-19/h4,7,13,18H,2-3,5-6,8-12,14-17H2,1H3,(H,22,23). The molecule has 1 saturated carbocycles. The van der Waals surface area contributed by atoms with Crippen LogP contribution in [-0.4, -0.2) is 55.0 Å². The number of rotatable bonds is 5. The molecule has 0 bridgehead atoms. The van der Waals surface area contributed by atoms with Gasteiger partial charge in [-0.05, 0) is 68.4 Å². The van der Waals surface area contributed by atoms with Crippen molar-refractivity contribution >= 4 is 17.3 Å². The summed E-state index contributed by atoms with van der Waals surface area (Å²) in [6.45, 7) is 10.1. The Morgan fingerprint density at radius 1 is 1.31 bits per heavy atom. The SMILES string of the molecule is CCNC(=NCC1CCCN(Cc2cccs2)C1)N1CCC2(CCC2)C1. The first-order valence-electron chi connectivity index (χ1n) is 10.5. The first-order chi connectivity index (χ1) is 12.8. The number of hydrogen-bond donors (Lipinski definition) is 1. The molecule has 26 heavy (non-hydrogen) atoms. The van der Waals surface area contributed by atoms with Crippen molar-refractivity contribution in [1.82, 2.24) is 15.1 Å². The number of aliphatic imine (C=N–C) groups is 1. The molecule has 1 unspecified atom stereocenters. The first-order valence-corrected chi connectivity index (χ1v) is 11.4. The van der Waals surface area contributed by atoms with Gasteiger partial charge in [-0.15, -0.1) is 11.3 Å². The minimum atomic E-state index is 0.637. The average molecular weight is 375 g/mol. The van der Waals surface area contributed by atoms with Gasteiger partial charge in [0.1, 0.15) is 0 Å². The zero-order chi connectivity index (χ0) is 17.8. The fourth-order valence-corrected chi connectivity index (χ4v) is 5.66. The Bertz CT molecular complexity index is 593. The van der Waals surface area contributed by atoms with Gasteiger partial charge in [0.05, 0.1) is 0 Å². The van der Waals surface area contributed by atoms with Gasteiger partial charge in [0.25, 0.3) is 0 Å². The Morgan fingerprint density at radius 2 is 2.23 bits per heavy atom. The second-order valence-electron chi connectivity index (χ2n) is 8.54. The molecule has 2 saturated heterocycles. The molecule has 3 heterocycles. The molecule has 5 heteroatoms. The second kappa shape index (κ2) is 8.30. The van der Waals surface area contributed by atoms with E-state index in [9.17, 15) is 0 Å². The lowest BCUT2D eigenvalue weighted by atomic mass is 9.68. The maximum atomic E-state index is 5.08. The summed E-state index contributed by atoms with van der Waals surface area (Å²) in [7, 11) is 0. The summed E-state index contributed by atoms with van der Waals surface area (Å²) < 4.78 is 0. The molecule has 0 amide bonds. The zero-order valence-corrected chi connectivity index (χ0v) is 17.1. The van der Waals surface area contributed by atoms with Crippen LogP contribution in [0.1, 0.15) is 50.3 Å². The highest BCUT2D eigenvalue weighted by molar-refractivity contribution is 7.09. The number of nitrogens with one attached hydrogen (secondary N) is 1. The van der Waals surface area contributed by atoms with E-state index >= 15 is 0 Å². The van der Waals surface area contributed by atoms with Crippen molar-refractivity contribution in [2.75, 3.05) is 39.3 Å². The topological polar surface area (TPSA) is 30.9 Å². The highest BCUT2D eigenvalue weighted by atomic mass is 32.1. The fraction of sp³-hybridized carbons (Fsp3) is 0.762. The summed E-state index contributed by atoms with van der Waals surface area (Å²) in [6, 6.07) is 4.43. The van der Waals surface area contributed by atoms with Gasteiger partial charge in [-0.1, -0.05) is 12.5 Å². The van der Waals surface area contributed by atoms with Gasteiger partial charge in [0.15, 0.2) is 5.96 Å². The molecule has 2 aliphatic heterocycles. The minimum absolute atomic E-state index is 0.637. The summed E-state index contributed by atoms with van der Waals surface area (Å²) in [5.74, 6) is 1.88. The lowest BCUT2D eigenvalue weighted by molar-refractivity contribution is 0.151. The second-order valence-corrected chi connectivity index (χ2v) is 9.57. The van der Waals surface area contributed by atoms with E-state index < -0.39 is 0 Å². The van der Waals surface area contributed by atoms with Gasteiger partial charge < -0.3 is 10.2 Å². The molecule has 0 radical (unpaired) electrons. The van der Waals surface area contributed by atoms with E-state index in [1.165, 1.54) is 75.5 Å². The highest BCUT2D eigenvalue weighted by Gasteiger charge is 2.43. The van der Waals surface area contributed by atoms with Gasteiger partial charge in [-0.3, -0.25) is 9.89 Å². The monoisotopic (exact) mass is 374 g/mol. The molecule has 1 aromatic rings. The molecule has 3 fully saturated rings. The third kappa shape index (κ3) is 4.25. The van der Waals surface area contributed by atoms with Crippen molar-refractivity contribution in [3.05, 3.63) is 22.4 Å². The van der Waals surface area contributed by atoms with E-state index in [0.29, 0.717) is 11.3 Å². The third-order valence-electron chi connectivity index (χ3n) is 6.55. The van der Waals surface area contributed by atoms with Gasteiger partial charge in [0.2, 0.25) is 0 Å². The Hall–Kier alpha value is -1.07. The lowest BCUT2D eigenvalue weighted by Crippen LogP contribution is -2.43. The van der Waals surface area contributed by atoms with Crippen LogP contribution < -0.4 is 5.32 Å². The predicted octanol–water partition coefficient (Wildman–Crippen LogP) is 3.80. The molecule has 1 spiro atoms. The zero-order valence-electron chi connectivity index (χ0n) is 16.3. The van der Waals surface area contributed by atoms with Crippen LogP contribution in [0.5, 0.6) is 0 Å². The average Bonchev–Trinajstić information content (AvgIpc) is 3.28. The number of nitrogens with zero attached hydrogens (tertiary/aromatic N) is 3. The van der Waals surface area contributed by atoms with Crippen LogP contribution >= 0.6 is 11.3 Å². The number of guanidine groups is 1. The Kier molecular flexibility index (Phi) is 5.84. The summed E-state index contributed by atoms with van der Waals surface area (Å²) in [5, 5.41) is 5.75. The van der Waals surface area contributed by atoms with Crippen LogP contribution in [0.2, 0.25) is 0 Å². The highest BCUT2D eigenvalue weighted by Crippen LogP contribution is 2.47. The van der Waals surface area contributed by atoms with Crippen molar-refractivity contribution in [2.24, 2.45) is 16.3 Å². The van der Waals surface area contributed by atoms with Crippen molar-refractivity contribution in [1.29, 1.82) is 0 Å². The van der Waals surface area contributed by atoms with Crippen molar-refractivity contribution in [3.63, 3.8) is 0 Å². The quantitative estimate of drug-likeness (QED) is 0.628. The maximum Gasteiger partial charge on any atom is 0.193 e. The number of hydrogen-bond acceptors (Lipinski definition) is 3. The number of likely N-dealkylation sites (tertiary alicyclic amines) is 2. The largest absolute Gasteiger partial charge is 0.357 e. The Balaban J connectivity index is 1.32. The van der Waals surface area contributed by atoms with Crippen LogP contribution in [0.3, 0.4) is 0 Å². The predicted molar refractivity (Wildman–Crippen MR) is 111 cm³/mol. The Morgan fingerprint density at radius 3 is 2.92 bits per heavy atom. The minimum Gasteiger partial charge on any atom is -0.357 e. The van der Waals surface area contributed by atoms with Crippen molar-refractivity contribution in [3.8, 4) is 0 Å². The fourth-order valence-electron chi connectivity index (χ4n) is 4.91. The van der Waals surface area contributed by atoms with Crippen molar-refractivity contribution in [2.45, 2.75) is 52.0 Å². The van der Waals surface area contributed by atoms with E-state index in [2.05, 4.69) is 39.6 Å². The molecule has 0 aromatic carbocycles. The molecule has 144 valence electrons. The van der Waals surface area contributed by atoms with Crippen LogP contribution in [0, 0.1) is 11.3 Å². The molecular weight excluding hydrogens is 340 g/mol. The third-order valence-corrected chi connectivity index (χ3v) is 7.41. The normalized spacial score (nSPS) is 26.3. The van der Waals surface area contributed by atoms with Crippen LogP contribution in [0.15, 0.2) is 22.5 Å². The Labute approximate surface area is 162 Å². The van der Waals surface area contributed by atoms with Crippen LogP contribution in [0.4, 0.5) is 0 Å². The molecule has 4 nitrogen and oxygen atoms in total. The number of thiophene rings is 1. The molecule has 1 aromatic heterocycles. The molecule has 3 aliphatic rings.